The fraction of sp³-hybridized carbons (Fsp3) is 0. The highest BCUT2D eigenvalue weighted by atomic mass is 32.2. The van der Waals surface area contributed by atoms with Crippen LogP contribution in [0.3, 0.4) is 0 Å². The lowest BCUT2D eigenvalue weighted by Gasteiger charge is -2.04. The highest BCUT2D eigenvalue weighted by Crippen LogP contribution is 2.30. The van der Waals surface area contributed by atoms with Gasteiger partial charge in [0.05, 0.1) is 15.7 Å². The van der Waals surface area contributed by atoms with Gasteiger partial charge < -0.3 is 4.18 Å². The smallest absolute Gasteiger partial charge is 0.341 e. The van der Waals surface area contributed by atoms with E-state index in [4.69, 9.17) is 4.18 Å². The van der Waals surface area contributed by atoms with Gasteiger partial charge in [-0.2, -0.15) is 8.42 Å². The molecule has 23 heavy (non-hydrogen) atoms. The summed E-state index contributed by atoms with van der Waals surface area (Å²) >= 11 is 1.20. The zero-order chi connectivity index (χ0) is 15.9. The molecule has 2 heterocycles. The molecule has 114 valence electrons. The van der Waals surface area contributed by atoms with Crippen LogP contribution in [-0.2, 0) is 10.1 Å². The van der Waals surface area contributed by atoms with E-state index in [-0.39, 0.29) is 10.1 Å². The van der Waals surface area contributed by atoms with Crippen LogP contribution >= 0.6 is 11.3 Å². The monoisotopic (exact) mass is 342 g/mol. The van der Waals surface area contributed by atoms with E-state index in [9.17, 15) is 8.42 Å². The van der Waals surface area contributed by atoms with Crippen molar-refractivity contribution < 1.29 is 12.6 Å². The molecule has 0 unspecified atom stereocenters. The zero-order valence-corrected chi connectivity index (χ0v) is 13.3. The second-order valence-corrected chi connectivity index (χ2v) is 7.38. The number of nitrogens with zero attached hydrogens (tertiary/aromatic N) is 2. The van der Waals surface area contributed by atoms with Crippen LogP contribution in [0, 0.1) is 0 Å². The topological polar surface area (TPSA) is 69.2 Å². The highest BCUT2D eigenvalue weighted by Gasteiger charge is 2.19. The Kier molecular flexibility index (Phi) is 3.24. The van der Waals surface area contributed by atoms with Crippen molar-refractivity contribution in [1.29, 1.82) is 0 Å². The minimum absolute atomic E-state index is 0.0808. The van der Waals surface area contributed by atoms with Crippen molar-refractivity contribution in [3.8, 4) is 5.19 Å². The number of rotatable bonds is 3. The van der Waals surface area contributed by atoms with Crippen LogP contribution in [0.15, 0.2) is 65.7 Å². The fourth-order valence-electron chi connectivity index (χ4n) is 2.24. The van der Waals surface area contributed by atoms with Gasteiger partial charge in [0.25, 0.3) is 5.19 Å². The highest BCUT2D eigenvalue weighted by molar-refractivity contribution is 7.87. The number of pyridine rings is 1. The predicted octanol–water partition coefficient (Wildman–Crippen LogP) is 3.61. The van der Waals surface area contributed by atoms with Crippen LogP contribution < -0.4 is 4.18 Å². The molecule has 0 aliphatic rings. The van der Waals surface area contributed by atoms with Gasteiger partial charge in [-0.05, 0) is 36.4 Å². The first-order valence-electron chi connectivity index (χ1n) is 6.77. The van der Waals surface area contributed by atoms with Gasteiger partial charge in [-0.1, -0.05) is 29.5 Å². The summed E-state index contributed by atoms with van der Waals surface area (Å²) in [6.07, 6.45) is 1.66. The van der Waals surface area contributed by atoms with E-state index >= 15 is 0 Å². The van der Waals surface area contributed by atoms with Gasteiger partial charge in [-0.25, -0.2) is 4.98 Å². The normalized spacial score (nSPS) is 11.8. The van der Waals surface area contributed by atoms with Crippen LogP contribution in [0.4, 0.5) is 0 Å². The van der Waals surface area contributed by atoms with E-state index in [1.165, 1.54) is 17.4 Å². The summed E-state index contributed by atoms with van der Waals surface area (Å²) in [6, 6.07) is 15.6. The summed E-state index contributed by atoms with van der Waals surface area (Å²) in [5.41, 5.74) is 1.44. The Hall–Kier alpha value is -2.51. The largest absolute Gasteiger partial charge is 0.348 e. The van der Waals surface area contributed by atoms with Crippen LogP contribution in [0.5, 0.6) is 5.19 Å². The molecule has 0 aliphatic carbocycles. The Bertz CT molecular complexity index is 1090. The van der Waals surface area contributed by atoms with Gasteiger partial charge in [0.15, 0.2) is 0 Å². The average Bonchev–Trinajstić information content (AvgIpc) is 2.95. The van der Waals surface area contributed by atoms with Crippen molar-refractivity contribution >= 4 is 42.6 Å². The molecule has 0 radical (unpaired) electrons. The lowest BCUT2D eigenvalue weighted by molar-refractivity contribution is 0.485. The van der Waals surface area contributed by atoms with Crippen molar-refractivity contribution in [2.75, 3.05) is 0 Å². The molecule has 5 nitrogen and oxygen atoms in total. The first-order valence-corrected chi connectivity index (χ1v) is 8.99. The Morgan fingerprint density at radius 1 is 0.957 bits per heavy atom. The van der Waals surface area contributed by atoms with Gasteiger partial charge in [-0.15, -0.1) is 0 Å². The molecule has 4 rings (SSSR count). The molecule has 2 aromatic carbocycles. The van der Waals surface area contributed by atoms with Crippen LogP contribution in [-0.4, -0.2) is 18.4 Å². The molecule has 0 N–H and O–H groups in total. The Labute approximate surface area is 136 Å². The molecule has 4 aromatic rings. The van der Waals surface area contributed by atoms with Gasteiger partial charge in [0.2, 0.25) is 0 Å². The summed E-state index contributed by atoms with van der Waals surface area (Å²) in [5, 5.41) is 0.846. The molecule has 0 spiro atoms. The van der Waals surface area contributed by atoms with E-state index in [0.717, 1.165) is 15.6 Å². The standard InChI is InChI=1S/C16H10N2O3S2/c19-23(20,12-7-8-13-11(10-12)4-3-9-17-13)21-16-18-14-5-1-2-6-15(14)22-16/h1-10H. The lowest BCUT2D eigenvalue weighted by Crippen LogP contribution is -2.09. The molecule has 0 aliphatic heterocycles. The van der Waals surface area contributed by atoms with Gasteiger partial charge in [0.1, 0.15) is 4.90 Å². The molecule has 0 bridgehead atoms. The maximum atomic E-state index is 12.4. The number of thiazole rings is 1. The van der Waals surface area contributed by atoms with Gasteiger partial charge in [-0.3, -0.25) is 4.98 Å². The number of benzene rings is 2. The number of fused-ring (bicyclic) bond motifs is 2. The molecule has 2 aromatic heterocycles. The third kappa shape index (κ3) is 2.64. The van der Waals surface area contributed by atoms with E-state index < -0.39 is 10.1 Å². The fourth-order valence-corrected chi connectivity index (χ4v) is 4.17. The molecule has 0 fully saturated rings. The Morgan fingerprint density at radius 3 is 2.70 bits per heavy atom. The SMILES string of the molecule is O=S(=O)(Oc1nc2ccccc2s1)c1ccc2ncccc2c1. The van der Waals surface area contributed by atoms with Gasteiger partial charge in [0, 0.05) is 11.6 Å². The van der Waals surface area contributed by atoms with Gasteiger partial charge >= 0.3 is 10.1 Å². The number of hydrogen-bond donors (Lipinski definition) is 0. The number of para-hydroxylation sites is 1. The van der Waals surface area contributed by atoms with Crippen molar-refractivity contribution in [3.05, 3.63) is 60.8 Å². The van der Waals surface area contributed by atoms with E-state index in [2.05, 4.69) is 9.97 Å². The van der Waals surface area contributed by atoms with Crippen LogP contribution in [0.25, 0.3) is 21.1 Å². The average molecular weight is 342 g/mol. The molecule has 0 saturated heterocycles. The number of aromatic nitrogens is 2. The summed E-state index contributed by atoms with van der Waals surface area (Å²) in [7, 11) is -3.93. The second-order valence-electron chi connectivity index (χ2n) is 4.84. The third-order valence-corrected chi connectivity index (χ3v) is 5.55. The van der Waals surface area contributed by atoms with E-state index in [1.54, 1.807) is 30.5 Å². The molecular formula is C16H10N2O3S2. The van der Waals surface area contributed by atoms with Crippen LogP contribution in [0.2, 0.25) is 0 Å². The summed E-state index contributed by atoms with van der Waals surface area (Å²) < 4.78 is 30.9. The molecule has 0 amide bonds. The zero-order valence-electron chi connectivity index (χ0n) is 11.7. The van der Waals surface area contributed by atoms with Crippen molar-refractivity contribution in [2.45, 2.75) is 4.90 Å². The van der Waals surface area contributed by atoms with Crippen molar-refractivity contribution in [3.63, 3.8) is 0 Å². The summed E-state index contributed by atoms with van der Waals surface area (Å²) in [4.78, 5) is 8.44. The Morgan fingerprint density at radius 2 is 1.83 bits per heavy atom. The minimum Gasteiger partial charge on any atom is -0.348 e. The summed E-state index contributed by atoms with van der Waals surface area (Å²) in [6.45, 7) is 0. The van der Waals surface area contributed by atoms with Crippen molar-refractivity contribution in [2.24, 2.45) is 0 Å². The molecular weight excluding hydrogens is 332 g/mol. The molecule has 0 saturated carbocycles. The minimum atomic E-state index is -3.93. The second kappa shape index (κ2) is 5.29. The summed E-state index contributed by atoms with van der Waals surface area (Å²) in [5.74, 6) is 0. The maximum Gasteiger partial charge on any atom is 0.341 e. The Balaban J connectivity index is 1.73. The van der Waals surface area contributed by atoms with E-state index in [1.807, 2.05) is 24.3 Å². The quantitative estimate of drug-likeness (QED) is 0.532. The maximum absolute atomic E-state index is 12.4. The third-order valence-electron chi connectivity index (χ3n) is 3.32. The first-order chi connectivity index (χ1) is 11.1. The first kappa shape index (κ1) is 14.1. The van der Waals surface area contributed by atoms with E-state index in [0.29, 0.717) is 5.52 Å². The lowest BCUT2D eigenvalue weighted by atomic mass is 10.2. The molecule has 7 heteroatoms. The number of hydrogen-bond acceptors (Lipinski definition) is 6. The predicted molar refractivity (Wildman–Crippen MR) is 89.2 cm³/mol. The van der Waals surface area contributed by atoms with Crippen LogP contribution in [0.1, 0.15) is 0 Å². The van der Waals surface area contributed by atoms with Crippen molar-refractivity contribution in [1.82, 2.24) is 9.97 Å². The molecule has 0 atom stereocenters.